The van der Waals surface area contributed by atoms with Gasteiger partial charge in [-0.1, -0.05) is 0 Å². The molecule has 0 aromatic rings. The summed E-state index contributed by atoms with van der Waals surface area (Å²) in [5.74, 6) is 0. The molecule has 0 fully saturated rings. The third-order valence-electron chi connectivity index (χ3n) is 1.50. The van der Waals surface area contributed by atoms with Crippen LogP contribution in [0.4, 0.5) is 0 Å². The molecule has 13 heavy (non-hydrogen) atoms. The predicted octanol–water partition coefficient (Wildman–Crippen LogP) is 1.48. The number of thiocarbonyl (C=S) groups is 1. The maximum Gasteiger partial charge on any atom is 0.166 e. The second kappa shape index (κ2) is 6.39. The van der Waals surface area contributed by atoms with E-state index in [2.05, 4.69) is 10.6 Å². The fourth-order valence-electron chi connectivity index (χ4n) is 0.885. The van der Waals surface area contributed by atoms with E-state index in [0.717, 1.165) is 25.7 Å². The molecule has 0 aliphatic rings. The lowest BCUT2D eigenvalue weighted by Crippen LogP contribution is -2.35. The molecule has 0 saturated carbocycles. The molecule has 5 heteroatoms. The first kappa shape index (κ1) is 12.9. The molecule has 0 aromatic carbocycles. The van der Waals surface area contributed by atoms with Crippen LogP contribution in [0.2, 0.25) is 0 Å². The molecule has 3 nitrogen and oxygen atoms in total. The minimum atomic E-state index is -1.84. The summed E-state index contributed by atoms with van der Waals surface area (Å²) >= 11 is 4.97. The van der Waals surface area contributed by atoms with E-state index in [0.29, 0.717) is 5.11 Å². The van der Waals surface area contributed by atoms with Gasteiger partial charge in [0.25, 0.3) is 0 Å². The van der Waals surface area contributed by atoms with Gasteiger partial charge in [-0.3, -0.25) is 0 Å². The summed E-state index contributed by atoms with van der Waals surface area (Å²) < 4.78 is 11.3. The topological polar surface area (TPSA) is 41.1 Å². The molecule has 0 aliphatic heterocycles. The molecule has 0 bridgehead atoms. The smallest absolute Gasteiger partial charge is 0.166 e. The van der Waals surface area contributed by atoms with Gasteiger partial charge in [0.1, 0.15) is 0 Å². The zero-order valence-electron chi connectivity index (χ0n) is 8.59. The van der Waals surface area contributed by atoms with E-state index in [1.54, 1.807) is 0 Å². The Morgan fingerprint density at radius 2 is 2.00 bits per heavy atom. The van der Waals surface area contributed by atoms with E-state index in [4.69, 9.17) is 12.2 Å². The molecular weight excluding hydrogens is 203 g/mol. The highest BCUT2D eigenvalue weighted by molar-refractivity contribution is 7.80. The molecule has 0 radical (unpaired) electrons. The van der Waals surface area contributed by atoms with Crippen LogP contribution in [-0.4, -0.2) is 37.7 Å². The minimum absolute atomic E-state index is 0.685. The van der Waals surface area contributed by atoms with Crippen LogP contribution >= 0.6 is 19.4 Å². The first-order chi connectivity index (χ1) is 5.95. The largest absolute Gasteiger partial charge is 0.363 e. The fourth-order valence-corrected chi connectivity index (χ4v) is 2.05. The summed E-state index contributed by atoms with van der Waals surface area (Å²) in [5.41, 5.74) is 0. The van der Waals surface area contributed by atoms with Crippen molar-refractivity contribution in [1.29, 1.82) is 0 Å². The molecule has 0 aromatic heterocycles. The van der Waals surface area contributed by atoms with Crippen LogP contribution in [0.15, 0.2) is 0 Å². The van der Waals surface area contributed by atoms with Gasteiger partial charge in [-0.2, -0.15) is 0 Å². The van der Waals surface area contributed by atoms with Gasteiger partial charge in [-0.05, 0) is 38.9 Å². The van der Waals surface area contributed by atoms with Crippen LogP contribution in [0, 0.1) is 0 Å². The Bertz CT molecular complexity index is 202. The van der Waals surface area contributed by atoms with Gasteiger partial charge in [0.15, 0.2) is 5.11 Å². The Morgan fingerprint density at radius 3 is 2.46 bits per heavy atom. The summed E-state index contributed by atoms with van der Waals surface area (Å²) in [6, 6.07) is 0. The van der Waals surface area contributed by atoms with Crippen LogP contribution in [0.25, 0.3) is 0 Å². The maximum atomic E-state index is 11.3. The lowest BCUT2D eigenvalue weighted by molar-refractivity contribution is 0.580. The Morgan fingerprint density at radius 1 is 1.38 bits per heavy atom. The van der Waals surface area contributed by atoms with E-state index in [9.17, 15) is 4.57 Å². The lowest BCUT2D eigenvalue weighted by atomic mass is 10.5. The first-order valence-corrected chi connectivity index (χ1v) is 7.71. The lowest BCUT2D eigenvalue weighted by Gasteiger charge is -2.09. The van der Waals surface area contributed by atoms with Gasteiger partial charge in [-0.15, -0.1) is 0 Å². The highest BCUT2D eigenvalue weighted by Crippen LogP contribution is 2.35. The van der Waals surface area contributed by atoms with E-state index < -0.39 is 7.14 Å². The first-order valence-electron chi connectivity index (χ1n) is 4.51. The van der Waals surface area contributed by atoms with Crippen LogP contribution in [-0.2, 0) is 4.57 Å². The van der Waals surface area contributed by atoms with E-state index in [1.165, 1.54) is 0 Å². The highest BCUT2D eigenvalue weighted by Gasteiger charge is 2.05. The molecule has 0 heterocycles. The van der Waals surface area contributed by atoms with E-state index in [1.807, 2.05) is 20.3 Å². The van der Waals surface area contributed by atoms with Crippen LogP contribution in [0.3, 0.4) is 0 Å². The molecule has 0 atom stereocenters. The summed E-state index contributed by atoms with van der Waals surface area (Å²) in [6.07, 6.45) is 1.70. The molecule has 0 spiro atoms. The number of hydrogen-bond donors (Lipinski definition) is 2. The van der Waals surface area contributed by atoms with Crippen LogP contribution in [0.1, 0.15) is 13.3 Å². The average Bonchev–Trinajstić information content (AvgIpc) is 1.97. The molecule has 2 N–H and O–H groups in total. The fraction of sp³-hybridized carbons (Fsp3) is 0.875. The van der Waals surface area contributed by atoms with E-state index in [-0.39, 0.29) is 0 Å². The van der Waals surface area contributed by atoms with Crippen molar-refractivity contribution < 1.29 is 4.57 Å². The van der Waals surface area contributed by atoms with Gasteiger partial charge in [0.2, 0.25) is 0 Å². The maximum absolute atomic E-state index is 11.3. The molecule has 0 saturated heterocycles. The summed E-state index contributed by atoms with van der Waals surface area (Å²) in [7, 11) is -1.84. The summed E-state index contributed by atoms with van der Waals surface area (Å²) in [6.45, 7) is 7.27. The van der Waals surface area contributed by atoms with Crippen molar-refractivity contribution in [2.45, 2.75) is 13.3 Å². The van der Waals surface area contributed by atoms with Crippen molar-refractivity contribution in [3.05, 3.63) is 0 Å². The monoisotopic (exact) mass is 222 g/mol. The molecule has 0 amide bonds. The molecular formula is C8H19N2OPS. The average molecular weight is 222 g/mol. The van der Waals surface area contributed by atoms with Crippen molar-refractivity contribution >= 4 is 24.5 Å². The number of rotatable bonds is 5. The van der Waals surface area contributed by atoms with Crippen molar-refractivity contribution in [3.8, 4) is 0 Å². The van der Waals surface area contributed by atoms with Crippen molar-refractivity contribution in [1.82, 2.24) is 10.6 Å². The second-order valence-corrected chi connectivity index (χ2v) is 7.44. The number of hydrogen-bond acceptors (Lipinski definition) is 2. The normalized spacial score (nSPS) is 11.0. The zero-order valence-corrected chi connectivity index (χ0v) is 10.3. The Hall–Kier alpha value is -0.0800. The number of nitrogens with one attached hydrogen (secondary N) is 2. The van der Waals surface area contributed by atoms with Crippen LogP contribution in [0.5, 0.6) is 0 Å². The Balaban J connectivity index is 3.36. The quantitative estimate of drug-likeness (QED) is 0.420. The second-order valence-electron chi connectivity index (χ2n) is 3.44. The highest BCUT2D eigenvalue weighted by atomic mass is 32.1. The van der Waals surface area contributed by atoms with Gasteiger partial charge >= 0.3 is 0 Å². The molecule has 0 rings (SSSR count). The SMILES string of the molecule is CCNC(=S)NCCCP(C)(C)=O. The predicted molar refractivity (Wildman–Crippen MR) is 63.2 cm³/mol. The van der Waals surface area contributed by atoms with Gasteiger partial charge in [0, 0.05) is 19.3 Å². The molecule has 0 aliphatic carbocycles. The third-order valence-corrected chi connectivity index (χ3v) is 3.18. The van der Waals surface area contributed by atoms with Crippen LogP contribution < -0.4 is 10.6 Å². The van der Waals surface area contributed by atoms with E-state index >= 15 is 0 Å². The Labute approximate surface area is 86.0 Å². The summed E-state index contributed by atoms with van der Waals surface area (Å²) in [5, 5.41) is 6.73. The van der Waals surface area contributed by atoms with Crippen molar-refractivity contribution in [2.24, 2.45) is 0 Å². The third kappa shape index (κ3) is 9.84. The van der Waals surface area contributed by atoms with Gasteiger partial charge < -0.3 is 15.2 Å². The minimum Gasteiger partial charge on any atom is -0.363 e. The van der Waals surface area contributed by atoms with Crippen molar-refractivity contribution in [3.63, 3.8) is 0 Å². The zero-order chi connectivity index (χ0) is 10.3. The Kier molecular flexibility index (Phi) is 6.35. The van der Waals surface area contributed by atoms with Crippen molar-refractivity contribution in [2.75, 3.05) is 32.6 Å². The van der Waals surface area contributed by atoms with Gasteiger partial charge in [0.05, 0.1) is 7.14 Å². The standard InChI is InChI=1S/C8H19N2OPS/c1-4-9-8(13)10-6-5-7-12(2,3)11/h4-7H2,1-3H3,(H2,9,10,13). The van der Waals surface area contributed by atoms with Gasteiger partial charge in [-0.25, -0.2) is 0 Å². The summed E-state index contributed by atoms with van der Waals surface area (Å²) in [4.78, 5) is 0. The molecule has 78 valence electrons. The molecule has 0 unspecified atom stereocenters.